The van der Waals surface area contributed by atoms with Crippen LogP contribution < -0.4 is 0 Å². The van der Waals surface area contributed by atoms with Crippen LogP contribution in [0, 0.1) is 5.92 Å². The van der Waals surface area contributed by atoms with Crippen LogP contribution in [0.4, 0.5) is 0 Å². The Morgan fingerprint density at radius 2 is 1.76 bits per heavy atom. The van der Waals surface area contributed by atoms with Crippen LogP contribution in [-0.2, 0) is 9.53 Å². The van der Waals surface area contributed by atoms with Gasteiger partial charge in [-0.3, -0.25) is 4.79 Å². The zero-order chi connectivity index (χ0) is 13.6. The lowest BCUT2D eigenvalue weighted by Gasteiger charge is -2.26. The predicted molar refractivity (Wildman–Crippen MR) is 72.0 cm³/mol. The molecule has 0 N–H and O–H groups in total. The Labute approximate surface area is 107 Å². The Morgan fingerprint density at radius 3 is 2.18 bits per heavy atom. The second kappa shape index (κ2) is 7.00. The molecule has 102 valence electrons. The van der Waals surface area contributed by atoms with Crippen molar-refractivity contribution in [2.75, 3.05) is 13.6 Å². The quantitative estimate of drug-likeness (QED) is 0.671. The largest absolute Gasteiger partial charge is 0.460 e. The summed E-state index contributed by atoms with van der Waals surface area (Å²) in [7, 11) is 2.07. The first kappa shape index (κ1) is 16.4. The summed E-state index contributed by atoms with van der Waals surface area (Å²) in [5, 5.41) is 0. The number of carbonyl (C=O) groups excluding carboxylic acids is 1. The normalized spacial score (nSPS) is 14.2. The molecule has 0 saturated carbocycles. The van der Waals surface area contributed by atoms with Gasteiger partial charge in [0, 0.05) is 12.6 Å². The fourth-order valence-electron chi connectivity index (χ4n) is 1.74. The van der Waals surface area contributed by atoms with E-state index in [2.05, 4.69) is 32.7 Å². The number of ether oxygens (including phenoxy) is 1. The Balaban J connectivity index is 3.91. The zero-order valence-electron chi connectivity index (χ0n) is 12.5. The van der Waals surface area contributed by atoms with Crippen molar-refractivity contribution >= 4 is 5.97 Å². The highest BCUT2D eigenvalue weighted by Gasteiger charge is 2.17. The number of nitrogens with zero attached hydrogens (tertiary/aromatic N) is 1. The van der Waals surface area contributed by atoms with E-state index in [-0.39, 0.29) is 11.6 Å². The lowest BCUT2D eigenvalue weighted by molar-refractivity contribution is -0.155. The molecule has 0 radical (unpaired) electrons. The fraction of sp³-hybridized carbons (Fsp3) is 0.929. The number of esters is 1. The van der Waals surface area contributed by atoms with Crippen LogP contribution in [0.2, 0.25) is 0 Å². The van der Waals surface area contributed by atoms with Crippen LogP contribution in [0.5, 0.6) is 0 Å². The van der Waals surface area contributed by atoms with Crippen LogP contribution >= 0.6 is 0 Å². The van der Waals surface area contributed by atoms with Crippen LogP contribution in [0.25, 0.3) is 0 Å². The summed E-state index contributed by atoms with van der Waals surface area (Å²) in [6, 6.07) is 0.512. The third-order valence-corrected chi connectivity index (χ3v) is 2.65. The monoisotopic (exact) mass is 243 g/mol. The van der Waals surface area contributed by atoms with Crippen LogP contribution in [0.3, 0.4) is 0 Å². The molecular formula is C14H29NO2. The summed E-state index contributed by atoms with van der Waals surface area (Å²) in [6.45, 7) is 13.1. The maximum Gasteiger partial charge on any atom is 0.307 e. The molecule has 0 aromatic carbocycles. The first-order chi connectivity index (χ1) is 7.61. The van der Waals surface area contributed by atoms with E-state index in [1.807, 2.05) is 20.8 Å². The van der Waals surface area contributed by atoms with Crippen molar-refractivity contribution in [3.8, 4) is 0 Å². The van der Waals surface area contributed by atoms with Gasteiger partial charge in [-0.05, 0) is 47.1 Å². The van der Waals surface area contributed by atoms with Crippen molar-refractivity contribution in [3.05, 3.63) is 0 Å². The van der Waals surface area contributed by atoms with Crippen molar-refractivity contribution in [3.63, 3.8) is 0 Å². The van der Waals surface area contributed by atoms with Gasteiger partial charge >= 0.3 is 5.97 Å². The summed E-state index contributed by atoms with van der Waals surface area (Å²) in [5.41, 5.74) is -0.376. The molecule has 0 aromatic heterocycles. The summed E-state index contributed by atoms with van der Waals surface area (Å²) < 4.78 is 5.28. The molecular weight excluding hydrogens is 214 g/mol. The summed E-state index contributed by atoms with van der Waals surface area (Å²) in [4.78, 5) is 13.8. The molecule has 0 amide bonds. The molecule has 1 atom stereocenters. The highest BCUT2D eigenvalue weighted by atomic mass is 16.6. The average molecular weight is 243 g/mol. The molecule has 17 heavy (non-hydrogen) atoms. The van der Waals surface area contributed by atoms with Crippen LogP contribution in [0.1, 0.15) is 54.4 Å². The minimum absolute atomic E-state index is 0.110. The van der Waals surface area contributed by atoms with Crippen molar-refractivity contribution in [1.82, 2.24) is 4.90 Å². The SMILES string of the molecule is CC(C)CC(C)N(C)CCC(=O)OC(C)(C)C. The van der Waals surface area contributed by atoms with E-state index >= 15 is 0 Å². The first-order valence-electron chi connectivity index (χ1n) is 6.54. The first-order valence-corrected chi connectivity index (χ1v) is 6.54. The summed E-state index contributed by atoms with van der Waals surface area (Å²) in [6.07, 6.45) is 1.63. The Bertz CT molecular complexity index is 231. The number of hydrogen-bond donors (Lipinski definition) is 0. The number of hydrogen-bond acceptors (Lipinski definition) is 3. The van der Waals surface area contributed by atoms with Gasteiger partial charge in [-0.25, -0.2) is 0 Å². The maximum atomic E-state index is 11.6. The van der Waals surface area contributed by atoms with E-state index in [1.54, 1.807) is 0 Å². The molecule has 0 bridgehead atoms. The van der Waals surface area contributed by atoms with Gasteiger partial charge in [0.15, 0.2) is 0 Å². The fourth-order valence-corrected chi connectivity index (χ4v) is 1.74. The van der Waals surface area contributed by atoms with E-state index in [9.17, 15) is 4.79 Å². The molecule has 0 spiro atoms. The van der Waals surface area contributed by atoms with Crippen LogP contribution in [-0.4, -0.2) is 36.1 Å². The molecule has 0 aliphatic carbocycles. The van der Waals surface area contributed by atoms with Gasteiger partial charge in [0.1, 0.15) is 5.60 Å². The third kappa shape index (κ3) is 9.16. The van der Waals surface area contributed by atoms with Crippen LogP contribution in [0.15, 0.2) is 0 Å². The molecule has 3 nitrogen and oxygen atoms in total. The summed E-state index contributed by atoms with van der Waals surface area (Å²) >= 11 is 0. The summed E-state index contributed by atoms with van der Waals surface area (Å²) in [5.74, 6) is 0.579. The smallest absolute Gasteiger partial charge is 0.307 e. The van der Waals surface area contributed by atoms with Gasteiger partial charge in [-0.2, -0.15) is 0 Å². The minimum Gasteiger partial charge on any atom is -0.460 e. The Morgan fingerprint density at radius 1 is 1.24 bits per heavy atom. The highest BCUT2D eigenvalue weighted by Crippen LogP contribution is 2.11. The van der Waals surface area contributed by atoms with E-state index in [1.165, 1.54) is 0 Å². The van der Waals surface area contributed by atoms with Crippen molar-refractivity contribution in [1.29, 1.82) is 0 Å². The van der Waals surface area contributed by atoms with Gasteiger partial charge in [0.25, 0.3) is 0 Å². The molecule has 0 aliphatic heterocycles. The standard InChI is InChI=1S/C14H29NO2/c1-11(2)10-12(3)15(7)9-8-13(16)17-14(4,5)6/h11-12H,8-10H2,1-7H3. The third-order valence-electron chi connectivity index (χ3n) is 2.65. The molecule has 0 heterocycles. The van der Waals surface area contributed by atoms with Crippen molar-refractivity contribution in [2.45, 2.75) is 66.0 Å². The van der Waals surface area contributed by atoms with E-state index in [4.69, 9.17) is 4.74 Å². The highest BCUT2D eigenvalue weighted by molar-refractivity contribution is 5.70. The lowest BCUT2D eigenvalue weighted by atomic mass is 10.0. The predicted octanol–water partition coefficient (Wildman–Crippen LogP) is 3.08. The van der Waals surface area contributed by atoms with E-state index < -0.39 is 0 Å². The second-order valence-electron chi connectivity index (χ2n) is 6.30. The molecule has 0 fully saturated rings. The second-order valence-corrected chi connectivity index (χ2v) is 6.30. The molecule has 0 saturated heterocycles. The van der Waals surface area contributed by atoms with Gasteiger partial charge in [-0.15, -0.1) is 0 Å². The van der Waals surface area contributed by atoms with Gasteiger partial charge < -0.3 is 9.64 Å². The van der Waals surface area contributed by atoms with E-state index in [0.29, 0.717) is 18.4 Å². The maximum absolute atomic E-state index is 11.6. The number of rotatable bonds is 6. The topological polar surface area (TPSA) is 29.5 Å². The van der Waals surface area contributed by atoms with Crippen molar-refractivity contribution in [2.24, 2.45) is 5.92 Å². The molecule has 0 aliphatic rings. The van der Waals surface area contributed by atoms with E-state index in [0.717, 1.165) is 13.0 Å². The van der Waals surface area contributed by atoms with Gasteiger partial charge in [-0.1, -0.05) is 13.8 Å². The lowest BCUT2D eigenvalue weighted by Crippen LogP contribution is -2.33. The number of carbonyl (C=O) groups is 1. The minimum atomic E-state index is -0.376. The Hall–Kier alpha value is -0.570. The average Bonchev–Trinajstić information content (AvgIpc) is 2.10. The molecule has 3 heteroatoms. The van der Waals surface area contributed by atoms with Gasteiger partial charge in [0.2, 0.25) is 0 Å². The molecule has 1 unspecified atom stereocenters. The van der Waals surface area contributed by atoms with Crippen molar-refractivity contribution < 1.29 is 9.53 Å². The molecule has 0 rings (SSSR count). The zero-order valence-corrected chi connectivity index (χ0v) is 12.5. The van der Waals surface area contributed by atoms with Gasteiger partial charge in [0.05, 0.1) is 6.42 Å². The Kier molecular flexibility index (Phi) is 6.76. The molecule has 0 aromatic rings.